The van der Waals surface area contributed by atoms with Crippen LogP contribution in [0.15, 0.2) is 17.5 Å². The third-order valence-electron chi connectivity index (χ3n) is 2.92. The number of ether oxygens (including phenoxy) is 1. The lowest BCUT2D eigenvalue weighted by Gasteiger charge is -2.12. The predicted octanol–water partition coefficient (Wildman–Crippen LogP) is 3.55. The highest BCUT2D eigenvalue weighted by molar-refractivity contribution is 7.09. The summed E-state index contributed by atoms with van der Waals surface area (Å²) in [5, 5.41) is 6.35. The van der Waals surface area contributed by atoms with Crippen molar-refractivity contribution < 1.29 is 4.74 Å². The fourth-order valence-corrected chi connectivity index (χ4v) is 2.96. The molecular weight excluding hydrogens is 256 g/mol. The van der Waals surface area contributed by atoms with Gasteiger partial charge in [0.2, 0.25) is 0 Å². The smallest absolute Gasteiger partial charge is 0.125 e. The third-order valence-corrected chi connectivity index (χ3v) is 3.77. The van der Waals surface area contributed by atoms with Gasteiger partial charge in [0.15, 0.2) is 0 Å². The molecule has 0 saturated carbocycles. The Labute approximate surface area is 118 Å². The summed E-state index contributed by atoms with van der Waals surface area (Å²) in [6, 6.07) is 4.30. The van der Waals surface area contributed by atoms with Gasteiger partial charge in [-0.2, -0.15) is 0 Å². The van der Waals surface area contributed by atoms with Crippen LogP contribution in [0.5, 0.6) is 5.75 Å². The Morgan fingerprint density at radius 1 is 1.26 bits per heavy atom. The van der Waals surface area contributed by atoms with Crippen LogP contribution in [0.4, 0.5) is 0 Å². The first-order chi connectivity index (χ1) is 9.15. The van der Waals surface area contributed by atoms with E-state index in [9.17, 15) is 0 Å². The Hall–Kier alpha value is -1.39. The minimum atomic E-state index is 0.698. The van der Waals surface area contributed by atoms with Gasteiger partial charge in [-0.3, -0.25) is 0 Å². The molecule has 0 spiro atoms. The highest BCUT2D eigenvalue weighted by Gasteiger charge is 2.10. The van der Waals surface area contributed by atoms with Gasteiger partial charge in [-0.25, -0.2) is 4.98 Å². The van der Waals surface area contributed by atoms with Crippen molar-refractivity contribution in [2.45, 2.75) is 27.3 Å². The molecule has 2 aromatic rings. The van der Waals surface area contributed by atoms with Crippen LogP contribution in [-0.2, 0) is 6.54 Å². The quantitative estimate of drug-likeness (QED) is 0.907. The van der Waals surface area contributed by atoms with E-state index < -0.39 is 0 Å². The first-order valence-electron chi connectivity index (χ1n) is 6.49. The lowest BCUT2D eigenvalue weighted by molar-refractivity contribution is 0.335. The molecule has 0 aliphatic heterocycles. The Morgan fingerprint density at radius 2 is 1.95 bits per heavy atom. The standard InChI is InChI=1S/C15H20N2OS/c1-5-18-15-10(2)6-12(7-11(15)3)13-9-19-14(17-13)8-16-4/h6-7,9,16H,5,8H2,1-4H3. The van der Waals surface area contributed by atoms with Gasteiger partial charge in [0.25, 0.3) is 0 Å². The van der Waals surface area contributed by atoms with Crippen LogP contribution in [0.25, 0.3) is 11.3 Å². The summed E-state index contributed by atoms with van der Waals surface area (Å²) >= 11 is 1.69. The molecule has 0 radical (unpaired) electrons. The molecule has 0 fully saturated rings. The zero-order valence-corrected chi connectivity index (χ0v) is 12.7. The van der Waals surface area contributed by atoms with Gasteiger partial charge in [0.05, 0.1) is 12.3 Å². The van der Waals surface area contributed by atoms with Crippen LogP contribution in [-0.4, -0.2) is 18.6 Å². The van der Waals surface area contributed by atoms with Crippen molar-refractivity contribution in [1.29, 1.82) is 0 Å². The molecule has 0 aliphatic rings. The first-order valence-corrected chi connectivity index (χ1v) is 7.37. The van der Waals surface area contributed by atoms with E-state index in [1.807, 2.05) is 14.0 Å². The molecule has 1 N–H and O–H groups in total. The van der Waals surface area contributed by atoms with Crippen molar-refractivity contribution in [3.05, 3.63) is 33.6 Å². The van der Waals surface area contributed by atoms with Gasteiger partial charge in [0.1, 0.15) is 10.8 Å². The van der Waals surface area contributed by atoms with Crippen LogP contribution in [0.1, 0.15) is 23.1 Å². The van der Waals surface area contributed by atoms with E-state index >= 15 is 0 Å². The Bertz CT molecular complexity index is 540. The van der Waals surface area contributed by atoms with Gasteiger partial charge in [-0.1, -0.05) is 0 Å². The zero-order chi connectivity index (χ0) is 13.8. The fourth-order valence-electron chi connectivity index (χ4n) is 2.15. The van der Waals surface area contributed by atoms with E-state index in [2.05, 4.69) is 41.7 Å². The lowest BCUT2D eigenvalue weighted by Crippen LogP contribution is -2.04. The van der Waals surface area contributed by atoms with Crippen molar-refractivity contribution in [2.24, 2.45) is 0 Å². The van der Waals surface area contributed by atoms with E-state index in [4.69, 9.17) is 4.74 Å². The van der Waals surface area contributed by atoms with Gasteiger partial charge < -0.3 is 10.1 Å². The average molecular weight is 276 g/mol. The number of aromatic nitrogens is 1. The number of benzene rings is 1. The maximum absolute atomic E-state index is 5.67. The van der Waals surface area contributed by atoms with Crippen LogP contribution >= 0.6 is 11.3 Å². The number of aryl methyl sites for hydroxylation is 2. The molecule has 0 atom stereocenters. The summed E-state index contributed by atoms with van der Waals surface area (Å²) in [6.45, 7) is 7.70. The van der Waals surface area contributed by atoms with Crippen molar-refractivity contribution >= 4 is 11.3 Å². The molecule has 1 aromatic carbocycles. The Balaban J connectivity index is 2.34. The molecule has 19 heavy (non-hydrogen) atoms. The lowest BCUT2D eigenvalue weighted by atomic mass is 10.0. The van der Waals surface area contributed by atoms with Gasteiger partial charge >= 0.3 is 0 Å². The van der Waals surface area contributed by atoms with Gasteiger partial charge in [0, 0.05) is 17.5 Å². The first kappa shape index (κ1) is 14.0. The van der Waals surface area contributed by atoms with Crippen LogP contribution < -0.4 is 10.1 Å². The third kappa shape index (κ3) is 3.14. The number of hydrogen-bond acceptors (Lipinski definition) is 4. The molecule has 1 heterocycles. The molecule has 0 amide bonds. The maximum Gasteiger partial charge on any atom is 0.125 e. The second kappa shape index (κ2) is 6.17. The summed E-state index contributed by atoms with van der Waals surface area (Å²) in [6.07, 6.45) is 0. The molecule has 1 aromatic heterocycles. The second-order valence-corrected chi connectivity index (χ2v) is 5.47. The van der Waals surface area contributed by atoms with Gasteiger partial charge in [-0.05, 0) is 51.1 Å². The van der Waals surface area contributed by atoms with Gasteiger partial charge in [-0.15, -0.1) is 11.3 Å². The minimum absolute atomic E-state index is 0.698. The summed E-state index contributed by atoms with van der Waals surface area (Å²) in [5.74, 6) is 0.997. The summed E-state index contributed by atoms with van der Waals surface area (Å²) in [4.78, 5) is 4.64. The molecular formula is C15H20N2OS. The molecule has 102 valence electrons. The molecule has 2 rings (SSSR count). The maximum atomic E-state index is 5.67. The normalized spacial score (nSPS) is 10.7. The summed E-state index contributed by atoms with van der Waals surface area (Å²) in [5.41, 5.74) is 4.54. The topological polar surface area (TPSA) is 34.1 Å². The average Bonchev–Trinajstić information content (AvgIpc) is 2.83. The summed E-state index contributed by atoms with van der Waals surface area (Å²) < 4.78 is 5.67. The summed E-state index contributed by atoms with van der Waals surface area (Å²) in [7, 11) is 1.94. The molecule has 3 nitrogen and oxygen atoms in total. The van der Waals surface area contributed by atoms with E-state index in [-0.39, 0.29) is 0 Å². The minimum Gasteiger partial charge on any atom is -0.493 e. The van der Waals surface area contributed by atoms with Crippen molar-refractivity contribution in [3.8, 4) is 17.0 Å². The number of nitrogens with one attached hydrogen (secondary N) is 1. The number of thiazole rings is 1. The molecule has 0 unspecified atom stereocenters. The molecule has 0 saturated heterocycles. The SMILES string of the molecule is CCOc1c(C)cc(-c2csc(CNC)n2)cc1C. The van der Waals surface area contributed by atoms with Crippen LogP contribution in [0.2, 0.25) is 0 Å². The number of rotatable bonds is 5. The number of hydrogen-bond donors (Lipinski definition) is 1. The zero-order valence-electron chi connectivity index (χ0n) is 11.9. The van der Waals surface area contributed by atoms with Crippen LogP contribution in [0, 0.1) is 13.8 Å². The van der Waals surface area contributed by atoms with E-state index in [0.717, 1.165) is 28.6 Å². The van der Waals surface area contributed by atoms with Crippen molar-refractivity contribution in [2.75, 3.05) is 13.7 Å². The molecule has 0 aliphatic carbocycles. The highest BCUT2D eigenvalue weighted by Crippen LogP contribution is 2.30. The van der Waals surface area contributed by atoms with Crippen molar-refractivity contribution in [3.63, 3.8) is 0 Å². The predicted molar refractivity (Wildman–Crippen MR) is 81.0 cm³/mol. The largest absolute Gasteiger partial charge is 0.493 e. The number of nitrogens with zero attached hydrogens (tertiary/aromatic N) is 1. The second-order valence-electron chi connectivity index (χ2n) is 4.53. The van der Waals surface area contributed by atoms with Crippen LogP contribution in [0.3, 0.4) is 0 Å². The van der Waals surface area contributed by atoms with Crippen molar-refractivity contribution in [1.82, 2.24) is 10.3 Å². The van der Waals surface area contributed by atoms with E-state index in [1.54, 1.807) is 11.3 Å². The monoisotopic (exact) mass is 276 g/mol. The molecule has 0 bridgehead atoms. The highest BCUT2D eigenvalue weighted by atomic mass is 32.1. The Morgan fingerprint density at radius 3 is 2.53 bits per heavy atom. The van der Waals surface area contributed by atoms with E-state index in [1.165, 1.54) is 11.1 Å². The van der Waals surface area contributed by atoms with E-state index in [0.29, 0.717) is 6.61 Å². The fraction of sp³-hybridized carbons (Fsp3) is 0.400. The molecule has 4 heteroatoms. The Kier molecular flexibility index (Phi) is 4.56.